The van der Waals surface area contributed by atoms with Crippen LogP contribution in [0, 0.1) is 45.3 Å². The Morgan fingerprint density at radius 3 is 2.54 bits per heavy atom. The predicted octanol–water partition coefficient (Wildman–Crippen LogP) is 2.95. The minimum absolute atomic E-state index is 0.0947. The molecule has 0 saturated heterocycles. The number of rotatable bonds is 2. The SMILES string of the molecule is N#CC1(C#N)C(=N)[C@@H](C(=O)[O-])C2=CCCC[C@@H]2[C@@H]1c1cccc(C(F)(F)F)c1. The molecular formula is C20H15F3N3O2-. The minimum Gasteiger partial charge on any atom is -0.549 e. The highest BCUT2D eigenvalue weighted by Gasteiger charge is 2.57. The highest BCUT2D eigenvalue weighted by Crippen LogP contribution is 2.55. The molecule has 0 amide bonds. The largest absolute Gasteiger partial charge is 0.549 e. The summed E-state index contributed by atoms with van der Waals surface area (Å²) in [6, 6.07) is 7.87. The molecule has 1 aromatic rings. The monoisotopic (exact) mass is 386 g/mol. The van der Waals surface area contributed by atoms with Gasteiger partial charge in [-0.05, 0) is 36.8 Å². The first-order chi connectivity index (χ1) is 13.2. The zero-order valence-corrected chi connectivity index (χ0v) is 14.6. The number of allylic oxidation sites excluding steroid dienone is 1. The Balaban J connectivity index is 2.26. The average molecular weight is 386 g/mol. The molecule has 0 aromatic heterocycles. The molecule has 1 aromatic carbocycles. The molecule has 1 saturated carbocycles. The number of carboxylic acids is 1. The van der Waals surface area contributed by atoms with E-state index in [9.17, 15) is 33.6 Å². The van der Waals surface area contributed by atoms with E-state index in [0.717, 1.165) is 12.1 Å². The van der Waals surface area contributed by atoms with Crippen LogP contribution in [0.5, 0.6) is 0 Å². The number of carboxylic acid groups (broad SMARTS) is 1. The fourth-order valence-electron chi connectivity index (χ4n) is 4.41. The van der Waals surface area contributed by atoms with E-state index in [2.05, 4.69) is 0 Å². The van der Waals surface area contributed by atoms with E-state index in [1.54, 1.807) is 18.2 Å². The molecule has 0 heterocycles. The summed E-state index contributed by atoms with van der Waals surface area (Å²) in [6.07, 6.45) is -1.34. The molecule has 3 atom stereocenters. The van der Waals surface area contributed by atoms with E-state index in [0.29, 0.717) is 24.8 Å². The maximum Gasteiger partial charge on any atom is 0.416 e. The van der Waals surface area contributed by atoms with Crippen LogP contribution in [0.15, 0.2) is 35.9 Å². The van der Waals surface area contributed by atoms with E-state index < -0.39 is 46.6 Å². The second-order valence-corrected chi connectivity index (χ2v) is 7.04. The first kappa shape index (κ1) is 19.6. The van der Waals surface area contributed by atoms with Crippen molar-refractivity contribution in [1.82, 2.24) is 0 Å². The van der Waals surface area contributed by atoms with Crippen LogP contribution in [0.2, 0.25) is 0 Å². The zero-order valence-electron chi connectivity index (χ0n) is 14.6. The van der Waals surface area contributed by atoms with Gasteiger partial charge in [0.1, 0.15) is 0 Å². The molecule has 1 fully saturated rings. The van der Waals surface area contributed by atoms with Crippen molar-refractivity contribution in [1.29, 1.82) is 15.9 Å². The molecule has 8 heteroatoms. The number of hydrogen-bond acceptors (Lipinski definition) is 5. The van der Waals surface area contributed by atoms with Crippen LogP contribution < -0.4 is 5.11 Å². The fraction of sp³-hybridized carbons (Fsp3) is 0.400. The molecule has 3 rings (SSSR count). The van der Waals surface area contributed by atoms with E-state index in [-0.39, 0.29) is 5.56 Å². The summed E-state index contributed by atoms with van der Waals surface area (Å²) in [4.78, 5) is 11.7. The number of hydrogen-bond donors (Lipinski definition) is 1. The molecule has 5 nitrogen and oxygen atoms in total. The first-order valence-corrected chi connectivity index (χ1v) is 8.66. The van der Waals surface area contributed by atoms with Crippen molar-refractivity contribution in [3.63, 3.8) is 0 Å². The van der Waals surface area contributed by atoms with Gasteiger partial charge in [0.05, 0.1) is 35.3 Å². The van der Waals surface area contributed by atoms with Gasteiger partial charge in [-0.2, -0.15) is 23.7 Å². The molecule has 0 aliphatic heterocycles. The Kier molecular flexibility index (Phi) is 4.76. The van der Waals surface area contributed by atoms with Gasteiger partial charge in [0.15, 0.2) is 5.41 Å². The Labute approximate surface area is 159 Å². The van der Waals surface area contributed by atoms with E-state index in [4.69, 9.17) is 5.41 Å². The number of nitriles is 2. The van der Waals surface area contributed by atoms with E-state index in [1.807, 2.05) is 0 Å². The van der Waals surface area contributed by atoms with E-state index >= 15 is 0 Å². The molecule has 0 spiro atoms. The van der Waals surface area contributed by atoms with Crippen molar-refractivity contribution in [2.75, 3.05) is 0 Å². The summed E-state index contributed by atoms with van der Waals surface area (Å²) in [6.45, 7) is 0. The Morgan fingerprint density at radius 1 is 1.29 bits per heavy atom. The lowest BCUT2D eigenvalue weighted by Gasteiger charge is -2.48. The summed E-state index contributed by atoms with van der Waals surface area (Å²) in [5.74, 6) is -4.81. The second-order valence-electron chi connectivity index (χ2n) is 7.04. The molecule has 144 valence electrons. The predicted molar refractivity (Wildman–Crippen MR) is 89.5 cm³/mol. The number of carbonyl (C=O) groups is 1. The maximum atomic E-state index is 13.2. The van der Waals surface area contributed by atoms with Crippen LogP contribution in [-0.4, -0.2) is 11.7 Å². The van der Waals surface area contributed by atoms with Crippen LogP contribution >= 0.6 is 0 Å². The number of carbonyl (C=O) groups excluding carboxylic acids is 1. The van der Waals surface area contributed by atoms with Crippen molar-refractivity contribution < 1.29 is 23.1 Å². The van der Waals surface area contributed by atoms with Crippen LogP contribution in [-0.2, 0) is 11.0 Å². The lowest BCUT2D eigenvalue weighted by molar-refractivity contribution is -0.308. The van der Waals surface area contributed by atoms with Crippen LogP contribution in [0.1, 0.15) is 36.3 Å². The van der Waals surface area contributed by atoms with Crippen LogP contribution in [0.25, 0.3) is 0 Å². The molecule has 0 radical (unpaired) electrons. The number of nitrogens with one attached hydrogen (secondary N) is 1. The van der Waals surface area contributed by atoms with Gasteiger partial charge in [-0.15, -0.1) is 0 Å². The molecule has 2 aliphatic carbocycles. The van der Waals surface area contributed by atoms with Crippen LogP contribution in [0.3, 0.4) is 0 Å². The fourth-order valence-corrected chi connectivity index (χ4v) is 4.41. The summed E-state index contributed by atoms with van der Waals surface area (Å²) in [5, 5.41) is 39.6. The number of nitrogens with zero attached hydrogens (tertiary/aromatic N) is 2. The van der Waals surface area contributed by atoms with Gasteiger partial charge in [-0.25, -0.2) is 0 Å². The smallest absolute Gasteiger partial charge is 0.416 e. The lowest BCUT2D eigenvalue weighted by atomic mass is 9.53. The Bertz CT molecular complexity index is 939. The summed E-state index contributed by atoms with van der Waals surface area (Å²) in [5.41, 5.74) is -3.32. The standard InChI is InChI=1S/C20H16F3N3O2/c21-20(22,23)12-5-3-4-11(8-12)16-14-7-2-1-6-13(14)15(18(27)28)17(26)19(16,9-24)10-25/h3-6,8,14-16,26H,1-2,7H2,(H,27,28)/p-1/t14-,15-,16-/m0/s1. The third-order valence-corrected chi connectivity index (χ3v) is 5.60. The molecular weight excluding hydrogens is 371 g/mol. The number of fused-ring (bicyclic) bond motifs is 1. The summed E-state index contributed by atoms with van der Waals surface area (Å²) >= 11 is 0. The molecule has 2 aliphatic rings. The van der Waals surface area contributed by atoms with Gasteiger partial charge < -0.3 is 15.3 Å². The topological polar surface area (TPSA) is 112 Å². The third kappa shape index (κ3) is 2.86. The highest BCUT2D eigenvalue weighted by molar-refractivity contribution is 6.09. The van der Waals surface area contributed by atoms with Crippen molar-refractivity contribution >= 4 is 11.7 Å². The zero-order chi connectivity index (χ0) is 20.7. The van der Waals surface area contributed by atoms with E-state index in [1.165, 1.54) is 12.1 Å². The lowest BCUT2D eigenvalue weighted by Crippen LogP contribution is -2.54. The van der Waals surface area contributed by atoms with Gasteiger partial charge in [0, 0.05) is 5.92 Å². The number of halogens is 3. The van der Waals surface area contributed by atoms with Crippen molar-refractivity contribution in [2.45, 2.75) is 31.4 Å². The maximum absolute atomic E-state index is 13.2. The van der Waals surface area contributed by atoms with Gasteiger partial charge >= 0.3 is 6.18 Å². The normalized spacial score (nSPS) is 26.4. The van der Waals surface area contributed by atoms with Gasteiger partial charge in [0.2, 0.25) is 0 Å². The average Bonchev–Trinajstić information content (AvgIpc) is 2.66. The minimum atomic E-state index is -4.61. The molecule has 28 heavy (non-hydrogen) atoms. The van der Waals surface area contributed by atoms with Gasteiger partial charge in [-0.3, -0.25) is 0 Å². The number of benzene rings is 1. The number of alkyl halides is 3. The Hall–Kier alpha value is -3.13. The van der Waals surface area contributed by atoms with Crippen LogP contribution in [0.4, 0.5) is 13.2 Å². The van der Waals surface area contributed by atoms with Crippen molar-refractivity contribution in [3.8, 4) is 12.1 Å². The molecule has 0 bridgehead atoms. The second kappa shape index (κ2) is 6.79. The quantitative estimate of drug-likeness (QED) is 0.788. The molecule has 1 N–H and O–H groups in total. The summed E-state index contributed by atoms with van der Waals surface area (Å²) < 4.78 is 39.6. The summed E-state index contributed by atoms with van der Waals surface area (Å²) in [7, 11) is 0. The van der Waals surface area contributed by atoms with Gasteiger partial charge in [0.25, 0.3) is 0 Å². The number of aliphatic carboxylic acids is 1. The molecule has 0 unspecified atom stereocenters. The highest BCUT2D eigenvalue weighted by atomic mass is 19.4. The van der Waals surface area contributed by atoms with Crippen molar-refractivity contribution in [2.24, 2.45) is 17.3 Å². The first-order valence-electron chi connectivity index (χ1n) is 8.66. The van der Waals surface area contributed by atoms with Crippen molar-refractivity contribution in [3.05, 3.63) is 47.0 Å². The third-order valence-electron chi connectivity index (χ3n) is 5.60. The van der Waals surface area contributed by atoms with Gasteiger partial charge in [-0.1, -0.05) is 29.8 Å². The Morgan fingerprint density at radius 2 is 1.96 bits per heavy atom.